The summed E-state index contributed by atoms with van der Waals surface area (Å²) in [5, 5.41) is 3.69. The van der Waals surface area contributed by atoms with E-state index >= 15 is 0 Å². The minimum absolute atomic E-state index is 0.0433. The zero-order valence-electron chi connectivity index (χ0n) is 25.7. The van der Waals surface area contributed by atoms with Crippen LogP contribution >= 0.6 is 23.2 Å². The van der Waals surface area contributed by atoms with Crippen LogP contribution in [0.2, 0.25) is 10.0 Å². The van der Waals surface area contributed by atoms with Crippen molar-refractivity contribution in [3.63, 3.8) is 0 Å². The first-order valence-corrected chi connectivity index (χ1v) is 16.8. The molecule has 0 aromatic heterocycles. The summed E-state index contributed by atoms with van der Waals surface area (Å²) in [6, 6.07) is 26.4. The molecule has 0 aliphatic rings. The number of hydrogen-bond donors (Lipinski definition) is 1. The van der Waals surface area contributed by atoms with Crippen molar-refractivity contribution in [2.75, 3.05) is 10.8 Å². The van der Waals surface area contributed by atoms with E-state index in [2.05, 4.69) is 5.32 Å². The fourth-order valence-electron chi connectivity index (χ4n) is 4.90. The number of aryl methyl sites for hydroxylation is 2. The van der Waals surface area contributed by atoms with Crippen molar-refractivity contribution in [1.82, 2.24) is 10.2 Å². The van der Waals surface area contributed by atoms with Crippen LogP contribution < -0.4 is 9.62 Å². The Morgan fingerprint density at radius 3 is 2.07 bits per heavy atom. The van der Waals surface area contributed by atoms with Crippen molar-refractivity contribution in [2.45, 2.75) is 57.6 Å². The molecule has 0 bridgehead atoms. The first-order valence-electron chi connectivity index (χ1n) is 14.6. The van der Waals surface area contributed by atoms with Crippen LogP contribution in [-0.2, 0) is 32.6 Å². The van der Waals surface area contributed by atoms with Crippen LogP contribution in [0.25, 0.3) is 0 Å². The molecule has 1 atom stereocenters. The quantitative estimate of drug-likeness (QED) is 0.177. The van der Waals surface area contributed by atoms with Gasteiger partial charge in [-0.3, -0.25) is 13.9 Å². The summed E-state index contributed by atoms with van der Waals surface area (Å²) >= 11 is 12.7. The smallest absolute Gasteiger partial charge is 0.264 e. The first kappa shape index (κ1) is 34.0. The molecule has 7 nitrogen and oxygen atoms in total. The van der Waals surface area contributed by atoms with Crippen LogP contribution in [0.4, 0.5) is 5.69 Å². The standard InChI is InChI=1S/C35H37Cl2N3O4S/c1-24(2)38-35(42)33(20-27-11-7-5-8-12-27)39(22-28-16-17-29(36)21-32(28)37)34(41)23-40(30-18-15-25(3)26(4)19-30)45(43,44)31-13-9-6-10-14-31/h5-19,21,24,33H,20,22-23H2,1-4H3,(H,38,42). The van der Waals surface area contributed by atoms with Gasteiger partial charge in [-0.2, -0.15) is 0 Å². The second-order valence-corrected chi connectivity index (χ2v) is 13.9. The Labute approximate surface area is 275 Å². The van der Waals surface area contributed by atoms with Gasteiger partial charge in [0.15, 0.2) is 0 Å². The maximum Gasteiger partial charge on any atom is 0.264 e. The lowest BCUT2D eigenvalue weighted by Crippen LogP contribution is -2.54. The minimum atomic E-state index is -4.18. The van der Waals surface area contributed by atoms with Gasteiger partial charge in [0, 0.05) is 29.1 Å². The molecular weight excluding hydrogens is 629 g/mol. The van der Waals surface area contributed by atoms with Crippen LogP contribution in [0, 0.1) is 13.8 Å². The molecule has 4 rings (SSSR count). The summed E-state index contributed by atoms with van der Waals surface area (Å²) in [7, 11) is -4.18. The molecule has 0 saturated carbocycles. The normalized spacial score (nSPS) is 12.1. The van der Waals surface area contributed by atoms with Gasteiger partial charge in [-0.15, -0.1) is 0 Å². The van der Waals surface area contributed by atoms with Gasteiger partial charge in [0.25, 0.3) is 10.0 Å². The van der Waals surface area contributed by atoms with Crippen LogP contribution in [0.3, 0.4) is 0 Å². The molecule has 0 heterocycles. The lowest BCUT2D eigenvalue weighted by Gasteiger charge is -2.34. The molecule has 10 heteroatoms. The molecule has 0 aliphatic heterocycles. The lowest BCUT2D eigenvalue weighted by molar-refractivity contribution is -0.140. The Morgan fingerprint density at radius 1 is 0.822 bits per heavy atom. The molecule has 0 aliphatic carbocycles. The largest absolute Gasteiger partial charge is 0.352 e. The van der Waals surface area contributed by atoms with Crippen LogP contribution in [0.5, 0.6) is 0 Å². The molecule has 4 aromatic rings. The Morgan fingerprint density at radius 2 is 1.47 bits per heavy atom. The highest BCUT2D eigenvalue weighted by Gasteiger charge is 2.35. The average molecular weight is 667 g/mol. The molecule has 1 N–H and O–H groups in total. The number of nitrogens with zero attached hydrogens (tertiary/aromatic N) is 2. The molecule has 236 valence electrons. The monoisotopic (exact) mass is 665 g/mol. The fraction of sp³-hybridized carbons (Fsp3) is 0.257. The van der Waals surface area contributed by atoms with Gasteiger partial charge < -0.3 is 10.2 Å². The predicted octanol–water partition coefficient (Wildman–Crippen LogP) is 6.97. The van der Waals surface area contributed by atoms with E-state index in [1.807, 2.05) is 64.1 Å². The van der Waals surface area contributed by atoms with Crippen LogP contribution in [0.15, 0.2) is 102 Å². The predicted molar refractivity (Wildman–Crippen MR) is 181 cm³/mol. The van der Waals surface area contributed by atoms with Crippen molar-refractivity contribution < 1.29 is 18.0 Å². The van der Waals surface area contributed by atoms with Crippen molar-refractivity contribution in [3.8, 4) is 0 Å². The summed E-state index contributed by atoms with van der Waals surface area (Å²) in [4.78, 5) is 29.8. The summed E-state index contributed by atoms with van der Waals surface area (Å²) in [5.74, 6) is -0.936. The molecule has 0 radical (unpaired) electrons. The second kappa shape index (κ2) is 15.0. The fourth-order valence-corrected chi connectivity index (χ4v) is 6.79. The van der Waals surface area contributed by atoms with Crippen LogP contribution in [-0.4, -0.2) is 43.8 Å². The molecule has 0 saturated heterocycles. The van der Waals surface area contributed by atoms with Gasteiger partial charge in [0.2, 0.25) is 11.8 Å². The molecule has 45 heavy (non-hydrogen) atoms. The number of amides is 2. The number of halogens is 2. The van der Waals surface area contributed by atoms with Gasteiger partial charge in [-0.25, -0.2) is 8.42 Å². The van der Waals surface area contributed by atoms with Crippen molar-refractivity contribution >= 4 is 50.7 Å². The number of sulfonamides is 1. The highest BCUT2D eigenvalue weighted by atomic mass is 35.5. The number of benzene rings is 4. The Hall–Kier alpha value is -3.85. The molecule has 0 spiro atoms. The van der Waals surface area contributed by atoms with E-state index in [1.165, 1.54) is 17.0 Å². The zero-order valence-corrected chi connectivity index (χ0v) is 28.0. The number of carbonyl (C=O) groups is 2. The number of anilines is 1. The Kier molecular flexibility index (Phi) is 11.3. The van der Waals surface area contributed by atoms with E-state index < -0.39 is 28.5 Å². The SMILES string of the molecule is Cc1ccc(N(CC(=O)N(Cc2ccc(Cl)cc2Cl)C(Cc2ccccc2)C(=O)NC(C)C)S(=O)(=O)c2ccccc2)cc1C. The van der Waals surface area contributed by atoms with E-state index in [4.69, 9.17) is 23.2 Å². The number of rotatable bonds is 12. The Bertz CT molecular complexity index is 1750. The molecular formula is C35H37Cl2N3O4S. The van der Waals surface area contributed by atoms with Crippen molar-refractivity contribution in [1.29, 1.82) is 0 Å². The first-order chi connectivity index (χ1) is 21.4. The van der Waals surface area contributed by atoms with E-state index in [9.17, 15) is 18.0 Å². The molecule has 2 amide bonds. The van der Waals surface area contributed by atoms with Gasteiger partial charge in [0.05, 0.1) is 10.6 Å². The highest BCUT2D eigenvalue weighted by molar-refractivity contribution is 7.92. The minimum Gasteiger partial charge on any atom is -0.352 e. The molecule has 1 unspecified atom stereocenters. The molecule has 0 fully saturated rings. The summed E-state index contributed by atoms with van der Waals surface area (Å²) in [6.07, 6.45) is 0.200. The van der Waals surface area contributed by atoms with Gasteiger partial charge >= 0.3 is 0 Å². The highest BCUT2D eigenvalue weighted by Crippen LogP contribution is 2.28. The Balaban J connectivity index is 1.84. The maximum atomic E-state index is 14.5. The van der Waals surface area contributed by atoms with Gasteiger partial charge in [-0.05, 0) is 86.3 Å². The number of hydrogen-bond acceptors (Lipinski definition) is 4. The number of carbonyl (C=O) groups excluding carboxylic acids is 2. The van der Waals surface area contributed by atoms with E-state index in [0.717, 1.165) is 21.0 Å². The number of nitrogens with one attached hydrogen (secondary N) is 1. The molecule has 4 aromatic carbocycles. The third-order valence-corrected chi connectivity index (χ3v) is 9.82. The van der Waals surface area contributed by atoms with E-state index in [-0.39, 0.29) is 29.8 Å². The summed E-state index contributed by atoms with van der Waals surface area (Å²) in [5.41, 5.74) is 3.59. The maximum absolute atomic E-state index is 14.5. The average Bonchev–Trinajstić information content (AvgIpc) is 3.00. The van der Waals surface area contributed by atoms with Gasteiger partial charge in [0.1, 0.15) is 12.6 Å². The third-order valence-electron chi connectivity index (χ3n) is 7.45. The van der Waals surface area contributed by atoms with Crippen LogP contribution in [0.1, 0.15) is 36.1 Å². The second-order valence-electron chi connectivity index (χ2n) is 11.2. The lowest BCUT2D eigenvalue weighted by atomic mass is 10.0. The summed E-state index contributed by atoms with van der Waals surface area (Å²) in [6.45, 7) is 6.89. The zero-order chi connectivity index (χ0) is 32.7. The van der Waals surface area contributed by atoms with E-state index in [0.29, 0.717) is 21.3 Å². The van der Waals surface area contributed by atoms with Crippen molar-refractivity contribution in [2.24, 2.45) is 0 Å². The third kappa shape index (κ3) is 8.66. The summed E-state index contributed by atoms with van der Waals surface area (Å²) < 4.78 is 29.3. The topological polar surface area (TPSA) is 86.8 Å². The van der Waals surface area contributed by atoms with Gasteiger partial charge in [-0.1, -0.05) is 83.9 Å². The van der Waals surface area contributed by atoms with Crippen molar-refractivity contribution in [3.05, 3.63) is 129 Å². The van der Waals surface area contributed by atoms with E-state index in [1.54, 1.807) is 48.5 Å².